The summed E-state index contributed by atoms with van der Waals surface area (Å²) < 4.78 is 37.0. The first-order valence-electron chi connectivity index (χ1n) is 47.8. The van der Waals surface area contributed by atoms with Gasteiger partial charge < -0.3 is 66.3 Å². The second-order valence-electron chi connectivity index (χ2n) is 39.9. The fourth-order valence-corrected chi connectivity index (χ4v) is 21.5. The normalized spacial score (nSPS) is 13.1. The van der Waals surface area contributed by atoms with E-state index in [1.54, 1.807) is 0 Å². The number of aryl methyl sites for hydroxylation is 1. The van der Waals surface area contributed by atoms with E-state index in [9.17, 15) is 0 Å². The number of pyridine rings is 3. The molecule has 27 rings (SSSR count). The van der Waals surface area contributed by atoms with Crippen LogP contribution in [0.5, 0.6) is 34.5 Å². The number of ether oxygens (including phenoxy) is 3. The molecular weight excluding hydrogens is 2350 g/mol. The molecule has 0 radical (unpaired) electrons. The van der Waals surface area contributed by atoms with E-state index >= 15 is 0 Å². The molecule has 0 fully saturated rings. The minimum absolute atomic E-state index is 0. The van der Waals surface area contributed by atoms with Crippen LogP contribution >= 0.6 is 11.3 Å². The molecule has 0 saturated heterocycles. The van der Waals surface area contributed by atoms with Crippen LogP contribution in [0.1, 0.15) is 79.0 Å². The third-order valence-electron chi connectivity index (χ3n) is 27.6. The monoisotopic (exact) mass is 2450 g/mol. The van der Waals surface area contributed by atoms with Gasteiger partial charge in [0.1, 0.15) is 28.6 Å². The van der Waals surface area contributed by atoms with Crippen LogP contribution < -0.4 is 43.6 Å². The van der Waals surface area contributed by atoms with Gasteiger partial charge in [0.2, 0.25) is 0 Å². The third-order valence-corrected chi connectivity index (χ3v) is 28.8. The second-order valence-corrected chi connectivity index (χ2v) is 41.0. The molecule has 0 N–H and O–H groups in total. The summed E-state index contributed by atoms with van der Waals surface area (Å²) in [7, 11) is 8.36. The Balaban J connectivity index is 0.000000123. The number of rotatable bonds is 12. The van der Waals surface area contributed by atoms with Gasteiger partial charge in [0.05, 0.1) is 5.52 Å². The fourth-order valence-electron chi connectivity index (χ4n) is 20.4. The number of anilines is 9. The smallest absolute Gasteiger partial charge is 0.137 e. The number of thiophene rings is 1. The average Bonchev–Trinajstić information content (AvgIpc) is 1.51. The van der Waals surface area contributed by atoms with Crippen molar-refractivity contribution in [3.8, 4) is 52.0 Å². The van der Waals surface area contributed by atoms with Gasteiger partial charge in [-0.25, -0.2) is 15.0 Å². The zero-order valence-corrected chi connectivity index (χ0v) is 89.3. The largest absolute Gasteiger partial charge is 0.509 e. The molecule has 17 nitrogen and oxygen atoms in total. The molecule has 0 aliphatic carbocycles. The molecular formula is C124H96N13O4Pt3S-9. The van der Waals surface area contributed by atoms with E-state index in [1.165, 1.54) is 64.4 Å². The average molecular weight is 2450 g/mol. The first-order valence-corrected chi connectivity index (χ1v) is 48.6. The van der Waals surface area contributed by atoms with Crippen molar-refractivity contribution < 1.29 is 81.8 Å². The summed E-state index contributed by atoms with van der Waals surface area (Å²) in [4.78, 5) is 27.4. The van der Waals surface area contributed by atoms with Gasteiger partial charge in [-0.3, -0.25) is 0 Å². The minimum atomic E-state index is -0.00427. The number of hydrogen-bond acceptors (Lipinski definition) is 14. The van der Waals surface area contributed by atoms with E-state index in [-0.39, 0.29) is 79.4 Å². The molecule has 3 aliphatic rings. The standard InChI is InChI=1S/C42H34N5O.C41H31N4O2.C41H31N4OS.3Pt/c1-42(2,3)27-19-20-43-41(21-27)47-36-16-9-7-13-31(36)33-18-17-30(23-38(33)47)48-29-12-10-11-28(22-29)46-26-44(4)39-25-37-34(24-40(39)46)32-14-6-8-15-35(32)45(37)5;2*1-41(2,3)26-18-19-42-40(20-26)45-34-14-7-5-12-30(34)31-17-16-29(22-35(31)45)46-28-11-9-10-27(21-28)44-25-43(4)36-24-39-33(23-37(36)44)32-13-6-8-15-38(32)47-39;;;/h6-21,24-26H,1-5H3;2*5-20,23-25H,1-4H3;;;/q3*-3;;;. The van der Waals surface area contributed by atoms with E-state index in [4.69, 9.17) is 33.6 Å². The Hall–Kier alpha value is -14.8. The van der Waals surface area contributed by atoms with Gasteiger partial charge in [-0.1, -0.05) is 188 Å². The maximum Gasteiger partial charge on any atom is 0.137 e. The van der Waals surface area contributed by atoms with Crippen molar-refractivity contribution in [3.63, 3.8) is 0 Å². The summed E-state index contributed by atoms with van der Waals surface area (Å²) in [6, 6.07) is 129. The van der Waals surface area contributed by atoms with E-state index in [0.29, 0.717) is 34.5 Å². The Morgan fingerprint density at radius 2 is 0.614 bits per heavy atom. The third kappa shape index (κ3) is 16.9. The van der Waals surface area contributed by atoms with Crippen molar-refractivity contribution in [1.82, 2.24) is 33.2 Å². The Kier molecular flexibility index (Phi) is 24.4. The molecule has 0 atom stereocenters. The maximum absolute atomic E-state index is 6.50. The predicted molar refractivity (Wildman–Crippen MR) is 582 cm³/mol. The van der Waals surface area contributed by atoms with Crippen LogP contribution in [0.25, 0.3) is 147 Å². The van der Waals surface area contributed by atoms with Gasteiger partial charge in [-0.15, -0.1) is 136 Å². The van der Waals surface area contributed by atoms with Gasteiger partial charge in [0.15, 0.2) is 0 Å². The van der Waals surface area contributed by atoms with E-state index in [1.807, 2.05) is 116 Å². The molecule has 9 aromatic heterocycles. The Morgan fingerprint density at radius 3 is 1.03 bits per heavy atom. The molecule has 24 aromatic rings. The molecule has 726 valence electrons. The molecule has 0 saturated carbocycles. The Morgan fingerprint density at radius 1 is 0.269 bits per heavy atom. The number of hydrogen-bond donors (Lipinski definition) is 0. The van der Waals surface area contributed by atoms with Crippen LogP contribution in [0.3, 0.4) is 0 Å². The number of aromatic nitrogens is 7. The summed E-state index contributed by atoms with van der Waals surface area (Å²) >= 11 is 1.84. The van der Waals surface area contributed by atoms with E-state index in [0.717, 1.165) is 150 Å². The number of para-hydroxylation sites is 5. The van der Waals surface area contributed by atoms with Gasteiger partial charge in [0, 0.05) is 227 Å². The van der Waals surface area contributed by atoms with E-state index < -0.39 is 0 Å². The van der Waals surface area contributed by atoms with Crippen LogP contribution in [0, 0.1) is 56.4 Å². The summed E-state index contributed by atoms with van der Waals surface area (Å²) in [5, 5.41) is 14.0. The number of furan rings is 1. The topological polar surface area (TPSA) is 119 Å². The van der Waals surface area contributed by atoms with Crippen molar-refractivity contribution in [2.45, 2.75) is 78.6 Å². The maximum atomic E-state index is 6.50. The second kappa shape index (κ2) is 37.1. The summed E-state index contributed by atoms with van der Waals surface area (Å²) in [5.41, 5.74) is 23.2. The fraction of sp³-hybridized carbons (Fsp3) is 0.129. The van der Waals surface area contributed by atoms with Crippen LogP contribution in [0.4, 0.5) is 51.2 Å². The van der Waals surface area contributed by atoms with Crippen molar-refractivity contribution >= 4 is 192 Å². The summed E-state index contributed by atoms with van der Waals surface area (Å²) in [6.07, 6.45) is 5.68. The summed E-state index contributed by atoms with van der Waals surface area (Å²) in [6.45, 7) is 26.3. The quantitative estimate of drug-likeness (QED) is 0.108. The predicted octanol–water partition coefficient (Wildman–Crippen LogP) is 31.6. The molecule has 0 amide bonds. The summed E-state index contributed by atoms with van der Waals surface area (Å²) in [5.74, 6) is 6.29. The molecule has 0 spiro atoms. The molecule has 15 aromatic carbocycles. The van der Waals surface area contributed by atoms with Crippen LogP contribution in [-0.2, 0) is 86.5 Å². The van der Waals surface area contributed by atoms with Crippen LogP contribution in [-0.4, -0.2) is 54.4 Å². The number of benzene rings is 15. The molecule has 145 heavy (non-hydrogen) atoms. The van der Waals surface area contributed by atoms with Crippen molar-refractivity contribution in [2.75, 3.05) is 50.5 Å². The molecule has 12 heterocycles. The van der Waals surface area contributed by atoms with Crippen LogP contribution in [0.15, 0.2) is 332 Å². The first-order chi connectivity index (χ1) is 68.9. The first kappa shape index (κ1) is 95.1. The SMILES string of the molecule is CN1[CH-]N(c2[c-]c(Oc3[c-]c4c(cc3)c3ccccc3n4-c3cc(C(C)(C)C)ccn3)ccc2)c2cc3c(cc21)oc1ccccc13.CN1[CH-]N(c2[c-]c(Oc3[c-]c4c(cc3)c3ccccc3n4-c3cc(C(C)(C)C)ccn3)ccc2)c2cc3c(cc21)sc1ccccc13.CN1[CH-]N(c2[c-]c(Oc3[c-]c4c(cc3)c3ccccc3n4-c3cc(C(C)(C)C)ccn3)ccc2)c2cc3c4ccccc4n(C)c3cc21.[Pt].[Pt].[Pt]. The number of fused-ring (bicyclic) bond motifs is 21. The van der Waals surface area contributed by atoms with Gasteiger partial charge in [-0.05, 0) is 173 Å². The van der Waals surface area contributed by atoms with Gasteiger partial charge in [0.25, 0.3) is 0 Å². The molecule has 3 aliphatic heterocycles. The molecule has 21 heteroatoms. The van der Waals surface area contributed by atoms with Crippen molar-refractivity contribution in [2.24, 2.45) is 7.05 Å². The van der Waals surface area contributed by atoms with Crippen LogP contribution in [0.2, 0.25) is 0 Å². The molecule has 0 unspecified atom stereocenters. The zero-order valence-electron chi connectivity index (χ0n) is 81.7. The Labute approximate surface area is 888 Å². The zero-order chi connectivity index (χ0) is 96.5. The number of nitrogens with zero attached hydrogens (tertiary/aromatic N) is 13. The van der Waals surface area contributed by atoms with Crippen molar-refractivity contribution in [3.05, 3.63) is 401 Å². The van der Waals surface area contributed by atoms with Gasteiger partial charge in [-0.2, -0.15) is 56.4 Å². The Bertz CT molecular complexity index is 8900. The van der Waals surface area contributed by atoms with Gasteiger partial charge >= 0.3 is 0 Å². The molecule has 0 bridgehead atoms. The minimum Gasteiger partial charge on any atom is -0.509 e. The van der Waals surface area contributed by atoms with Crippen molar-refractivity contribution in [1.29, 1.82) is 0 Å². The van der Waals surface area contributed by atoms with E-state index in [2.05, 4.69) is 418 Å².